The summed E-state index contributed by atoms with van der Waals surface area (Å²) in [6.07, 6.45) is -3.73. The van der Waals surface area contributed by atoms with Gasteiger partial charge in [0.25, 0.3) is 5.91 Å². The third-order valence-corrected chi connectivity index (χ3v) is 5.70. The summed E-state index contributed by atoms with van der Waals surface area (Å²) >= 11 is 3.08. The number of primary amides is 1. The molecule has 0 aliphatic carbocycles. The maximum absolute atomic E-state index is 14.4. The standard InChI is InChI=1S/C20H15BrF5N3O5S/c1-35(31,32)29-12(8-33-13-7-6-11(22)14(15(13)23)18(27)30)19-28-16(17(21)34-19)9-2-4-10(5-3-9)20(24,25)26/h2-7,12,29H,8H2,1H3,(H2,27,30). The third kappa shape index (κ3) is 6.35. The number of rotatable bonds is 8. The second-order valence-corrected chi connectivity index (χ2v) is 9.60. The molecule has 0 bridgehead atoms. The lowest BCUT2D eigenvalue weighted by Crippen LogP contribution is -2.32. The minimum Gasteiger partial charge on any atom is -0.488 e. The number of nitrogens with one attached hydrogen (secondary N) is 1. The number of nitrogens with zero attached hydrogens (tertiary/aromatic N) is 1. The zero-order valence-electron chi connectivity index (χ0n) is 17.5. The average molecular weight is 584 g/mol. The highest BCUT2D eigenvalue weighted by Gasteiger charge is 2.31. The molecule has 2 aromatic carbocycles. The van der Waals surface area contributed by atoms with E-state index in [1.165, 1.54) is 0 Å². The van der Waals surface area contributed by atoms with Gasteiger partial charge in [0, 0.05) is 5.56 Å². The van der Waals surface area contributed by atoms with E-state index in [1.807, 2.05) is 0 Å². The Hall–Kier alpha value is -3.04. The molecule has 0 spiro atoms. The van der Waals surface area contributed by atoms with Crippen molar-refractivity contribution in [2.45, 2.75) is 12.2 Å². The van der Waals surface area contributed by atoms with Gasteiger partial charge in [-0.2, -0.15) is 17.9 Å². The van der Waals surface area contributed by atoms with Crippen LogP contribution in [-0.2, 0) is 16.2 Å². The van der Waals surface area contributed by atoms with Crippen LogP contribution in [0.4, 0.5) is 22.0 Å². The first-order chi connectivity index (χ1) is 16.2. The summed E-state index contributed by atoms with van der Waals surface area (Å²) < 4.78 is 103. The summed E-state index contributed by atoms with van der Waals surface area (Å²) in [5.41, 5.74) is 3.31. The number of amides is 1. The van der Waals surface area contributed by atoms with Gasteiger partial charge in [-0.25, -0.2) is 22.2 Å². The maximum atomic E-state index is 14.4. The van der Waals surface area contributed by atoms with E-state index in [-0.39, 0.29) is 21.8 Å². The molecule has 0 aliphatic heterocycles. The third-order valence-electron chi connectivity index (χ3n) is 4.45. The van der Waals surface area contributed by atoms with E-state index in [0.717, 1.165) is 42.7 Å². The van der Waals surface area contributed by atoms with Crippen molar-refractivity contribution in [1.29, 1.82) is 0 Å². The van der Waals surface area contributed by atoms with Crippen molar-refractivity contribution in [1.82, 2.24) is 9.71 Å². The Morgan fingerprint density at radius 2 is 1.83 bits per heavy atom. The Labute approximate surface area is 203 Å². The molecule has 1 atom stereocenters. The number of alkyl halides is 3. The SMILES string of the molecule is CS(=O)(=O)NC(COc1ccc(F)c(C(N)=O)c1F)c1nc(-c2ccc(C(F)(F)F)cc2)c(Br)o1. The largest absolute Gasteiger partial charge is 0.488 e. The van der Waals surface area contributed by atoms with Gasteiger partial charge in [-0.05, 0) is 40.2 Å². The Kier molecular flexibility index (Phi) is 7.52. The predicted octanol–water partition coefficient (Wildman–Crippen LogP) is 4.17. The van der Waals surface area contributed by atoms with Gasteiger partial charge in [-0.1, -0.05) is 12.1 Å². The average Bonchev–Trinajstić information content (AvgIpc) is 3.12. The van der Waals surface area contributed by atoms with Crippen LogP contribution in [0, 0.1) is 11.6 Å². The van der Waals surface area contributed by atoms with Gasteiger partial charge in [0.2, 0.25) is 15.9 Å². The molecule has 1 unspecified atom stereocenters. The first-order valence-corrected chi connectivity index (χ1v) is 12.1. The fourth-order valence-corrected chi connectivity index (χ4v) is 4.09. The van der Waals surface area contributed by atoms with Gasteiger partial charge >= 0.3 is 6.18 Å². The lowest BCUT2D eigenvalue weighted by molar-refractivity contribution is -0.137. The minimum absolute atomic E-state index is 0.0310. The monoisotopic (exact) mass is 583 g/mol. The van der Waals surface area contributed by atoms with Crippen LogP contribution in [0.1, 0.15) is 27.9 Å². The summed E-state index contributed by atoms with van der Waals surface area (Å²) in [4.78, 5) is 15.4. The van der Waals surface area contributed by atoms with Crippen LogP contribution in [0.3, 0.4) is 0 Å². The molecule has 0 aliphatic rings. The summed E-state index contributed by atoms with van der Waals surface area (Å²) in [5, 5.41) is 0. The molecule has 1 heterocycles. The van der Waals surface area contributed by atoms with Crippen LogP contribution < -0.4 is 15.2 Å². The highest BCUT2D eigenvalue weighted by molar-refractivity contribution is 9.10. The number of hydrogen-bond acceptors (Lipinski definition) is 6. The Morgan fingerprint density at radius 1 is 1.20 bits per heavy atom. The normalized spacial score (nSPS) is 13.0. The fourth-order valence-electron chi connectivity index (χ4n) is 2.92. The van der Waals surface area contributed by atoms with Crippen LogP contribution in [0.15, 0.2) is 45.5 Å². The van der Waals surface area contributed by atoms with Crippen molar-refractivity contribution in [3.05, 3.63) is 69.7 Å². The smallest absolute Gasteiger partial charge is 0.416 e. The van der Waals surface area contributed by atoms with Gasteiger partial charge in [0.1, 0.15) is 29.7 Å². The predicted molar refractivity (Wildman–Crippen MR) is 116 cm³/mol. The van der Waals surface area contributed by atoms with Crippen LogP contribution in [0.5, 0.6) is 5.75 Å². The number of nitrogens with two attached hydrogens (primary N) is 1. The molecule has 15 heteroatoms. The van der Waals surface area contributed by atoms with Crippen molar-refractivity contribution in [2.75, 3.05) is 12.9 Å². The quantitative estimate of drug-likeness (QED) is 0.383. The van der Waals surface area contributed by atoms with Gasteiger partial charge in [-0.3, -0.25) is 4.79 Å². The summed E-state index contributed by atoms with van der Waals surface area (Å²) in [7, 11) is -3.90. The van der Waals surface area contributed by atoms with E-state index in [9.17, 15) is 35.2 Å². The second-order valence-electron chi connectivity index (χ2n) is 7.10. The first kappa shape index (κ1) is 26.6. The van der Waals surface area contributed by atoms with Gasteiger partial charge in [0.05, 0.1) is 11.8 Å². The van der Waals surface area contributed by atoms with Gasteiger partial charge < -0.3 is 14.9 Å². The number of oxazole rings is 1. The number of carbonyl (C=O) groups excluding carboxylic acids is 1. The molecule has 3 rings (SSSR count). The van der Waals surface area contributed by atoms with Crippen LogP contribution >= 0.6 is 15.9 Å². The fraction of sp³-hybridized carbons (Fsp3) is 0.200. The lowest BCUT2D eigenvalue weighted by atomic mass is 10.1. The Morgan fingerprint density at radius 3 is 2.37 bits per heavy atom. The summed E-state index contributed by atoms with van der Waals surface area (Å²) in [5.74, 6) is -4.88. The van der Waals surface area contributed by atoms with E-state index < -0.39 is 63.3 Å². The molecule has 3 aromatic rings. The molecule has 1 aromatic heterocycles. The van der Waals surface area contributed by atoms with E-state index in [1.54, 1.807) is 0 Å². The molecule has 35 heavy (non-hydrogen) atoms. The zero-order chi connectivity index (χ0) is 26.1. The minimum atomic E-state index is -4.55. The number of hydrogen-bond donors (Lipinski definition) is 2. The molecule has 3 N–H and O–H groups in total. The first-order valence-electron chi connectivity index (χ1n) is 9.39. The highest BCUT2D eigenvalue weighted by atomic mass is 79.9. The molecule has 0 saturated carbocycles. The van der Waals surface area contributed by atoms with E-state index >= 15 is 0 Å². The van der Waals surface area contributed by atoms with Crippen molar-refractivity contribution in [2.24, 2.45) is 5.73 Å². The van der Waals surface area contributed by atoms with Gasteiger partial charge in [-0.15, -0.1) is 0 Å². The number of benzene rings is 2. The van der Waals surface area contributed by atoms with Crippen molar-refractivity contribution < 1.29 is 44.3 Å². The van der Waals surface area contributed by atoms with E-state index in [2.05, 4.69) is 25.6 Å². The van der Waals surface area contributed by atoms with Crippen LogP contribution in [-0.4, -0.2) is 32.2 Å². The van der Waals surface area contributed by atoms with Crippen LogP contribution in [0.2, 0.25) is 0 Å². The number of sulfonamides is 1. The van der Waals surface area contributed by atoms with Gasteiger partial charge in [0.15, 0.2) is 16.2 Å². The lowest BCUT2D eigenvalue weighted by Gasteiger charge is -2.16. The van der Waals surface area contributed by atoms with E-state index in [4.69, 9.17) is 14.9 Å². The topological polar surface area (TPSA) is 125 Å². The Balaban J connectivity index is 1.92. The van der Waals surface area contributed by atoms with Crippen LogP contribution in [0.25, 0.3) is 11.3 Å². The molecule has 188 valence electrons. The number of aromatic nitrogens is 1. The summed E-state index contributed by atoms with van der Waals surface area (Å²) in [6, 6.07) is 4.20. The second kappa shape index (κ2) is 9.91. The molecule has 0 fully saturated rings. The molecular weight excluding hydrogens is 569 g/mol. The Bertz CT molecular complexity index is 1360. The van der Waals surface area contributed by atoms with Crippen molar-refractivity contribution >= 4 is 31.9 Å². The highest BCUT2D eigenvalue weighted by Crippen LogP contribution is 2.34. The molecule has 8 nitrogen and oxygen atoms in total. The van der Waals surface area contributed by atoms with Crippen molar-refractivity contribution in [3.63, 3.8) is 0 Å². The zero-order valence-corrected chi connectivity index (χ0v) is 19.9. The maximum Gasteiger partial charge on any atom is 0.416 e. The number of halogens is 6. The molecule has 0 radical (unpaired) electrons. The molecular formula is C20H15BrF5N3O5S. The summed E-state index contributed by atoms with van der Waals surface area (Å²) in [6.45, 7) is -0.632. The number of carbonyl (C=O) groups is 1. The molecule has 1 amide bonds. The van der Waals surface area contributed by atoms with Crippen molar-refractivity contribution in [3.8, 4) is 17.0 Å². The number of ether oxygens (including phenoxy) is 1. The molecule has 0 saturated heterocycles. The van der Waals surface area contributed by atoms with E-state index in [0.29, 0.717) is 0 Å².